The number of benzene rings is 2. The van der Waals surface area contributed by atoms with Crippen molar-refractivity contribution in [3.63, 3.8) is 0 Å². The number of hydrogen-bond donors (Lipinski definition) is 1. The highest BCUT2D eigenvalue weighted by Crippen LogP contribution is 2.30. The summed E-state index contributed by atoms with van der Waals surface area (Å²) in [7, 11) is 0. The van der Waals surface area contributed by atoms with E-state index in [0.29, 0.717) is 27.7 Å². The summed E-state index contributed by atoms with van der Waals surface area (Å²) in [5.41, 5.74) is 4.43. The number of nitrogens with one attached hydrogen (secondary N) is 1. The molecule has 0 saturated heterocycles. The molecule has 0 unspecified atom stereocenters. The topological polar surface area (TPSA) is 55.1 Å². The number of carbonyl (C=O) groups excluding carboxylic acids is 1. The van der Waals surface area contributed by atoms with Crippen molar-refractivity contribution >= 4 is 34.1 Å². The Morgan fingerprint density at radius 1 is 1.07 bits per heavy atom. The summed E-state index contributed by atoms with van der Waals surface area (Å²) in [4.78, 5) is 17.7. The maximum atomic E-state index is 13.1. The van der Waals surface area contributed by atoms with Crippen molar-refractivity contribution in [1.82, 2.24) is 4.98 Å². The molecule has 0 atom stereocenters. The molecule has 4 aromatic rings. The van der Waals surface area contributed by atoms with Crippen LogP contribution in [0.25, 0.3) is 22.4 Å². The Hall–Kier alpha value is -3.11. The average Bonchev–Trinajstić information content (AvgIpc) is 3.18. The van der Waals surface area contributed by atoms with E-state index in [4.69, 9.17) is 16.0 Å². The summed E-state index contributed by atoms with van der Waals surface area (Å²) in [5.74, 6) is 0.370. The summed E-state index contributed by atoms with van der Waals surface area (Å²) in [6, 6.07) is 16.7. The van der Waals surface area contributed by atoms with Crippen LogP contribution in [0.3, 0.4) is 0 Å². The molecular formula is C22H17ClN2O2. The number of nitrogens with zero attached hydrogens (tertiary/aromatic N) is 1. The van der Waals surface area contributed by atoms with Crippen LogP contribution in [0.1, 0.15) is 21.5 Å². The summed E-state index contributed by atoms with van der Waals surface area (Å²) >= 11 is 6.36. The van der Waals surface area contributed by atoms with E-state index in [0.717, 1.165) is 22.0 Å². The summed E-state index contributed by atoms with van der Waals surface area (Å²) in [6.45, 7) is 3.89. The lowest BCUT2D eigenvalue weighted by atomic mass is 10.1. The highest BCUT2D eigenvalue weighted by Gasteiger charge is 2.17. The molecule has 2 heterocycles. The number of pyridine rings is 1. The maximum absolute atomic E-state index is 13.1. The van der Waals surface area contributed by atoms with Crippen LogP contribution < -0.4 is 5.32 Å². The van der Waals surface area contributed by atoms with Gasteiger partial charge < -0.3 is 9.73 Å². The zero-order valence-corrected chi connectivity index (χ0v) is 15.7. The van der Waals surface area contributed by atoms with Crippen molar-refractivity contribution in [2.24, 2.45) is 0 Å². The zero-order valence-electron chi connectivity index (χ0n) is 14.9. The van der Waals surface area contributed by atoms with Gasteiger partial charge in [0, 0.05) is 5.39 Å². The second kappa shape index (κ2) is 6.89. The minimum atomic E-state index is -0.241. The largest absolute Gasteiger partial charge is 0.463 e. The number of hydrogen-bond acceptors (Lipinski definition) is 3. The second-order valence-electron chi connectivity index (χ2n) is 6.44. The number of furan rings is 1. The van der Waals surface area contributed by atoms with Gasteiger partial charge in [-0.2, -0.15) is 0 Å². The van der Waals surface area contributed by atoms with E-state index < -0.39 is 0 Å². The molecule has 0 radical (unpaired) electrons. The van der Waals surface area contributed by atoms with Gasteiger partial charge in [0.1, 0.15) is 5.69 Å². The molecule has 2 aromatic carbocycles. The van der Waals surface area contributed by atoms with Crippen LogP contribution in [0.4, 0.5) is 5.69 Å². The molecule has 4 rings (SSSR count). The van der Waals surface area contributed by atoms with Gasteiger partial charge in [0.05, 0.1) is 28.1 Å². The third kappa shape index (κ3) is 3.32. The van der Waals surface area contributed by atoms with Gasteiger partial charge in [0.15, 0.2) is 5.76 Å². The van der Waals surface area contributed by atoms with Crippen molar-refractivity contribution in [3.8, 4) is 11.5 Å². The monoisotopic (exact) mass is 376 g/mol. The Morgan fingerprint density at radius 3 is 2.63 bits per heavy atom. The van der Waals surface area contributed by atoms with Crippen LogP contribution in [-0.4, -0.2) is 10.9 Å². The van der Waals surface area contributed by atoms with E-state index in [1.54, 1.807) is 18.4 Å². The van der Waals surface area contributed by atoms with E-state index >= 15 is 0 Å². The van der Waals surface area contributed by atoms with Crippen LogP contribution in [0, 0.1) is 13.8 Å². The molecule has 0 aliphatic heterocycles. The van der Waals surface area contributed by atoms with Crippen molar-refractivity contribution in [2.75, 3.05) is 5.32 Å². The van der Waals surface area contributed by atoms with Crippen LogP contribution in [-0.2, 0) is 0 Å². The second-order valence-corrected chi connectivity index (χ2v) is 6.85. The first-order valence-electron chi connectivity index (χ1n) is 8.54. The molecule has 0 aliphatic carbocycles. The molecule has 5 heteroatoms. The third-order valence-corrected chi connectivity index (χ3v) is 4.70. The first kappa shape index (κ1) is 17.3. The number of halogens is 1. The number of aromatic nitrogens is 1. The average molecular weight is 377 g/mol. The first-order valence-corrected chi connectivity index (χ1v) is 8.92. The first-order chi connectivity index (χ1) is 13.0. The molecule has 0 bridgehead atoms. The molecular weight excluding hydrogens is 360 g/mol. The SMILES string of the molecule is Cc1cc(C)c(NC(=O)c2cc(-c3ccco3)nc3ccccc23)c(Cl)c1. The van der Waals surface area contributed by atoms with Gasteiger partial charge in [-0.3, -0.25) is 4.79 Å². The molecule has 1 amide bonds. The van der Waals surface area contributed by atoms with Crippen molar-refractivity contribution in [3.05, 3.63) is 82.6 Å². The van der Waals surface area contributed by atoms with Gasteiger partial charge in [-0.05, 0) is 55.3 Å². The normalized spacial score (nSPS) is 10.9. The summed E-state index contributed by atoms with van der Waals surface area (Å²) in [5, 5.41) is 4.25. The quantitative estimate of drug-likeness (QED) is 0.475. The molecule has 4 nitrogen and oxygen atoms in total. The Labute approximate surface area is 161 Å². The van der Waals surface area contributed by atoms with Gasteiger partial charge in [-0.25, -0.2) is 4.98 Å². The fraction of sp³-hybridized carbons (Fsp3) is 0.0909. The van der Waals surface area contributed by atoms with Crippen molar-refractivity contribution in [2.45, 2.75) is 13.8 Å². The van der Waals surface area contributed by atoms with Crippen LogP contribution in [0.5, 0.6) is 0 Å². The maximum Gasteiger partial charge on any atom is 0.256 e. The Kier molecular flexibility index (Phi) is 4.42. The van der Waals surface area contributed by atoms with Crippen molar-refractivity contribution < 1.29 is 9.21 Å². The zero-order chi connectivity index (χ0) is 19.0. The lowest BCUT2D eigenvalue weighted by molar-refractivity contribution is 0.102. The standard InChI is InChI=1S/C22H17ClN2O2/c1-13-10-14(2)21(17(23)11-13)25-22(26)16-12-19(20-8-5-9-27-20)24-18-7-4-3-6-15(16)18/h3-12H,1-2H3,(H,25,26). The van der Waals surface area contributed by atoms with Gasteiger partial charge in [0.2, 0.25) is 0 Å². The minimum absolute atomic E-state index is 0.241. The number of carbonyl (C=O) groups is 1. The number of anilines is 1. The van der Waals surface area contributed by atoms with Crippen molar-refractivity contribution in [1.29, 1.82) is 0 Å². The van der Waals surface area contributed by atoms with Gasteiger partial charge >= 0.3 is 0 Å². The molecule has 134 valence electrons. The van der Waals surface area contributed by atoms with Crippen LogP contribution in [0.15, 0.2) is 65.3 Å². The van der Waals surface area contributed by atoms with Crippen LogP contribution >= 0.6 is 11.6 Å². The molecule has 0 spiro atoms. The molecule has 0 saturated carbocycles. The number of amides is 1. The predicted octanol–water partition coefficient (Wildman–Crippen LogP) is 6.02. The van der Waals surface area contributed by atoms with E-state index in [2.05, 4.69) is 10.3 Å². The van der Waals surface area contributed by atoms with Gasteiger partial charge in [0.25, 0.3) is 5.91 Å². The fourth-order valence-corrected chi connectivity index (χ4v) is 3.54. The van der Waals surface area contributed by atoms with E-state index in [1.165, 1.54) is 0 Å². The molecule has 1 N–H and O–H groups in total. The molecule has 0 aliphatic rings. The number of fused-ring (bicyclic) bond motifs is 1. The third-order valence-electron chi connectivity index (χ3n) is 4.40. The number of rotatable bonds is 3. The van der Waals surface area contributed by atoms with Gasteiger partial charge in [-0.15, -0.1) is 0 Å². The number of aryl methyl sites for hydroxylation is 2. The fourth-order valence-electron chi connectivity index (χ4n) is 3.17. The predicted molar refractivity (Wildman–Crippen MR) is 108 cm³/mol. The summed E-state index contributed by atoms with van der Waals surface area (Å²) < 4.78 is 5.46. The Balaban J connectivity index is 1.82. The summed E-state index contributed by atoms with van der Waals surface area (Å²) in [6.07, 6.45) is 1.58. The van der Waals surface area contributed by atoms with E-state index in [1.807, 2.05) is 56.3 Å². The van der Waals surface area contributed by atoms with Crippen LogP contribution in [0.2, 0.25) is 5.02 Å². The number of para-hydroxylation sites is 1. The smallest absolute Gasteiger partial charge is 0.256 e. The lowest BCUT2D eigenvalue weighted by Gasteiger charge is -2.13. The van der Waals surface area contributed by atoms with Gasteiger partial charge in [-0.1, -0.05) is 35.9 Å². The molecule has 0 fully saturated rings. The highest BCUT2D eigenvalue weighted by molar-refractivity contribution is 6.34. The Morgan fingerprint density at radius 2 is 1.89 bits per heavy atom. The van der Waals surface area contributed by atoms with E-state index in [9.17, 15) is 4.79 Å². The lowest BCUT2D eigenvalue weighted by Crippen LogP contribution is -2.14. The molecule has 27 heavy (non-hydrogen) atoms. The minimum Gasteiger partial charge on any atom is -0.463 e. The molecule has 2 aromatic heterocycles. The van der Waals surface area contributed by atoms with E-state index in [-0.39, 0.29) is 5.91 Å². The highest BCUT2D eigenvalue weighted by atomic mass is 35.5. The Bertz CT molecular complexity index is 1130.